The van der Waals surface area contributed by atoms with Gasteiger partial charge in [0, 0.05) is 23.3 Å². The molecule has 1 aliphatic carbocycles. The highest BCUT2D eigenvalue weighted by Gasteiger charge is 2.43. The van der Waals surface area contributed by atoms with Crippen LogP contribution in [0.25, 0.3) is 0 Å². The van der Waals surface area contributed by atoms with Gasteiger partial charge in [0.25, 0.3) is 5.70 Å². The number of nitrogens with zero attached hydrogens (tertiary/aromatic N) is 1. The molecule has 35 heavy (non-hydrogen) atoms. The summed E-state index contributed by atoms with van der Waals surface area (Å²) in [5, 5.41) is 17.4. The first-order valence-electron chi connectivity index (χ1n) is 11.6. The number of carbonyl (C=O) groups excluding carboxylic acids is 3. The van der Waals surface area contributed by atoms with E-state index < -0.39 is 40.4 Å². The van der Waals surface area contributed by atoms with E-state index in [0.29, 0.717) is 23.6 Å². The van der Waals surface area contributed by atoms with Crippen molar-refractivity contribution in [3.05, 3.63) is 62.3 Å². The van der Waals surface area contributed by atoms with Crippen LogP contribution in [0.15, 0.2) is 52.2 Å². The van der Waals surface area contributed by atoms with E-state index >= 15 is 0 Å². The molecule has 1 aliphatic heterocycles. The number of unbranched alkanes of at least 4 members (excludes halogenated alkanes) is 1. The Labute approximate surface area is 205 Å². The van der Waals surface area contributed by atoms with Gasteiger partial charge in [0.15, 0.2) is 0 Å². The Bertz CT molecular complexity index is 1050. The molecular formula is C25H33N3O7. The zero-order valence-corrected chi connectivity index (χ0v) is 21.0. The minimum atomic E-state index is -0.907. The summed E-state index contributed by atoms with van der Waals surface area (Å²) in [6.07, 6.45) is 5.87. The van der Waals surface area contributed by atoms with E-state index in [0.717, 1.165) is 6.42 Å². The second kappa shape index (κ2) is 12.2. The molecule has 0 saturated carbocycles. The highest BCUT2D eigenvalue weighted by atomic mass is 16.6. The van der Waals surface area contributed by atoms with E-state index in [4.69, 9.17) is 9.47 Å². The number of amides is 1. The maximum absolute atomic E-state index is 13.6. The predicted molar refractivity (Wildman–Crippen MR) is 129 cm³/mol. The lowest BCUT2D eigenvalue weighted by Crippen LogP contribution is -2.48. The Balaban J connectivity index is 2.49. The molecule has 2 aliphatic rings. The summed E-state index contributed by atoms with van der Waals surface area (Å²) in [7, 11) is 1.42. The number of carbonyl (C=O) groups is 2. The predicted octanol–water partition coefficient (Wildman–Crippen LogP) is 2.95. The molecule has 1 unspecified atom stereocenters. The maximum Gasteiger partial charge on any atom is 0.328 e. The van der Waals surface area contributed by atoms with E-state index in [9.17, 15) is 24.5 Å². The summed E-state index contributed by atoms with van der Waals surface area (Å²) in [4.78, 5) is 49.0. The number of dihydropyridines is 1. The molecular weight excluding hydrogens is 454 g/mol. The van der Waals surface area contributed by atoms with Crippen LogP contribution in [-0.4, -0.2) is 42.5 Å². The van der Waals surface area contributed by atoms with Crippen molar-refractivity contribution in [2.24, 2.45) is 17.8 Å². The molecule has 0 aromatic heterocycles. The summed E-state index contributed by atoms with van der Waals surface area (Å²) < 4.78 is 10.9. The quantitative estimate of drug-likeness (QED) is 0.158. The second-order valence-corrected chi connectivity index (χ2v) is 8.79. The van der Waals surface area contributed by atoms with Crippen LogP contribution >= 0.6 is 0 Å². The molecule has 1 heterocycles. The Hall–Kier alpha value is -3.65. The van der Waals surface area contributed by atoms with Gasteiger partial charge in [-0.05, 0) is 26.2 Å². The fourth-order valence-electron chi connectivity index (χ4n) is 4.25. The second-order valence-electron chi connectivity index (χ2n) is 8.79. The van der Waals surface area contributed by atoms with Gasteiger partial charge in [0.2, 0.25) is 5.91 Å². The SMILES string of the molecule is CCCCOC(=O)[C@@H](NC(=O)C1=C(C)NC(C)=C(OC)[C@@H]1C1C=CC=C([N+](=O)[O-])C1=C=O)C(C)C. The first-order valence-corrected chi connectivity index (χ1v) is 11.6. The van der Waals surface area contributed by atoms with E-state index in [2.05, 4.69) is 10.6 Å². The zero-order chi connectivity index (χ0) is 26.3. The average molecular weight is 488 g/mol. The molecule has 2 N–H and O–H groups in total. The van der Waals surface area contributed by atoms with Gasteiger partial charge in [-0.25, -0.2) is 9.59 Å². The highest BCUT2D eigenvalue weighted by Crippen LogP contribution is 2.42. The fraction of sp³-hybridized carbons (Fsp3) is 0.520. The van der Waals surface area contributed by atoms with Gasteiger partial charge in [-0.2, -0.15) is 0 Å². The number of nitrogens with one attached hydrogen (secondary N) is 2. The molecule has 10 nitrogen and oxygen atoms in total. The molecule has 0 radical (unpaired) electrons. The minimum absolute atomic E-state index is 0.191. The molecule has 0 aromatic rings. The largest absolute Gasteiger partial charge is 0.499 e. The molecule has 2 rings (SSSR count). The van der Waals surface area contributed by atoms with Gasteiger partial charge >= 0.3 is 5.97 Å². The van der Waals surface area contributed by atoms with E-state index in [-0.39, 0.29) is 23.7 Å². The number of esters is 1. The van der Waals surface area contributed by atoms with Crippen LogP contribution in [0.2, 0.25) is 0 Å². The topological polar surface area (TPSA) is 137 Å². The summed E-state index contributed by atoms with van der Waals surface area (Å²) >= 11 is 0. The van der Waals surface area contributed by atoms with Gasteiger partial charge in [0.05, 0.1) is 30.3 Å². The summed E-state index contributed by atoms with van der Waals surface area (Å²) in [5.74, 6) is -1.05. The first kappa shape index (κ1) is 27.6. The van der Waals surface area contributed by atoms with Crippen molar-refractivity contribution in [2.45, 2.75) is 53.5 Å². The zero-order valence-electron chi connectivity index (χ0n) is 21.0. The summed E-state index contributed by atoms with van der Waals surface area (Å²) in [6, 6.07) is -0.907. The fourth-order valence-corrected chi connectivity index (χ4v) is 4.25. The molecule has 0 aromatic carbocycles. The molecule has 3 atom stereocenters. The highest BCUT2D eigenvalue weighted by molar-refractivity contribution is 5.98. The van der Waals surface area contributed by atoms with Gasteiger partial charge in [-0.3, -0.25) is 14.9 Å². The van der Waals surface area contributed by atoms with Crippen LogP contribution in [0.4, 0.5) is 0 Å². The third-order valence-electron chi connectivity index (χ3n) is 6.00. The number of methoxy groups -OCH3 is 1. The van der Waals surface area contributed by atoms with Crippen molar-refractivity contribution < 1.29 is 28.8 Å². The normalized spacial score (nSPS) is 20.7. The average Bonchev–Trinajstić information content (AvgIpc) is 2.81. The Kier molecular flexibility index (Phi) is 9.59. The Morgan fingerprint density at radius 1 is 1.29 bits per heavy atom. The maximum atomic E-state index is 13.6. The standard InChI is InChI=1S/C25H33N3O7/c1-7-8-12-35-25(31)22(14(2)3)27-24(30)20-15(4)26-16(5)23(34-6)21(20)17-10-9-11-19(28(32)33)18(17)13-29/h9-11,14,17,21-22,26H,7-8,12H2,1-6H3,(H,27,30)/t17?,21-,22+/m1/s1. The Morgan fingerprint density at radius 3 is 2.51 bits per heavy atom. The number of hydrogen-bond donors (Lipinski definition) is 2. The summed E-state index contributed by atoms with van der Waals surface area (Å²) in [5.41, 5.74) is 0.692. The Morgan fingerprint density at radius 2 is 1.97 bits per heavy atom. The molecule has 10 heteroatoms. The van der Waals surface area contributed by atoms with Crippen molar-refractivity contribution >= 4 is 17.8 Å². The van der Waals surface area contributed by atoms with Crippen LogP contribution in [0, 0.1) is 27.9 Å². The van der Waals surface area contributed by atoms with E-state index in [1.165, 1.54) is 19.3 Å². The molecule has 0 saturated heterocycles. The number of nitro groups is 1. The van der Waals surface area contributed by atoms with Crippen molar-refractivity contribution in [3.8, 4) is 0 Å². The number of hydrogen-bond acceptors (Lipinski definition) is 8. The third kappa shape index (κ3) is 6.08. The number of ether oxygens (including phenoxy) is 2. The third-order valence-corrected chi connectivity index (χ3v) is 6.00. The van der Waals surface area contributed by atoms with Gasteiger partial charge in [-0.1, -0.05) is 39.3 Å². The van der Waals surface area contributed by atoms with Crippen molar-refractivity contribution in [3.63, 3.8) is 0 Å². The van der Waals surface area contributed by atoms with Gasteiger partial charge in [0.1, 0.15) is 23.3 Å². The lowest BCUT2D eigenvalue weighted by Gasteiger charge is -2.35. The minimum Gasteiger partial charge on any atom is -0.499 e. The van der Waals surface area contributed by atoms with Crippen LogP contribution in [0.3, 0.4) is 0 Å². The first-order chi connectivity index (χ1) is 16.6. The van der Waals surface area contributed by atoms with E-state index in [1.807, 2.05) is 6.92 Å². The monoisotopic (exact) mass is 487 g/mol. The van der Waals surface area contributed by atoms with E-state index in [1.54, 1.807) is 39.7 Å². The van der Waals surface area contributed by atoms with Crippen LogP contribution in [0.1, 0.15) is 47.5 Å². The van der Waals surface area contributed by atoms with Crippen LogP contribution in [-0.2, 0) is 23.9 Å². The van der Waals surface area contributed by atoms with Crippen molar-refractivity contribution in [2.75, 3.05) is 13.7 Å². The van der Waals surface area contributed by atoms with Gasteiger partial charge < -0.3 is 20.1 Å². The molecule has 190 valence electrons. The number of allylic oxidation sites excluding steroid dienone is 7. The lowest BCUT2D eigenvalue weighted by molar-refractivity contribution is -0.421. The lowest BCUT2D eigenvalue weighted by atomic mass is 9.74. The van der Waals surface area contributed by atoms with Crippen LogP contribution < -0.4 is 10.6 Å². The summed E-state index contributed by atoms with van der Waals surface area (Å²) in [6.45, 7) is 9.24. The van der Waals surface area contributed by atoms with Crippen LogP contribution in [0.5, 0.6) is 0 Å². The molecule has 0 fully saturated rings. The smallest absolute Gasteiger partial charge is 0.328 e. The van der Waals surface area contributed by atoms with Crippen molar-refractivity contribution in [1.82, 2.24) is 10.6 Å². The van der Waals surface area contributed by atoms with Crippen molar-refractivity contribution in [1.29, 1.82) is 0 Å². The number of rotatable bonds is 10. The van der Waals surface area contributed by atoms with Gasteiger partial charge in [-0.15, -0.1) is 0 Å². The molecule has 1 amide bonds. The molecule has 0 spiro atoms. The molecule has 0 bridgehead atoms.